The molecule has 1 aromatic heterocycles. The number of pyridine rings is 1. The van der Waals surface area contributed by atoms with E-state index in [2.05, 4.69) is 179 Å². The predicted octanol–water partition coefficient (Wildman–Crippen LogP) is 14.0. The van der Waals surface area contributed by atoms with E-state index in [1.54, 1.807) is 0 Å². The van der Waals surface area contributed by atoms with E-state index >= 15 is 0 Å². The number of fused-ring (bicyclic) bond motifs is 7. The van der Waals surface area contributed by atoms with Crippen LogP contribution in [0, 0.1) is 56.7 Å². The fraction of sp³-hybridized carbons (Fsp3) is 0.525. The second kappa shape index (κ2) is 17.4. The topological polar surface area (TPSA) is 53.7 Å². The number of anilines is 3. The number of hydrogen-bond acceptors (Lipinski definition) is 4. The van der Waals surface area contributed by atoms with Crippen molar-refractivity contribution in [1.29, 1.82) is 0 Å². The van der Waals surface area contributed by atoms with Crippen LogP contribution >= 0.6 is 0 Å². The lowest BCUT2D eigenvalue weighted by Gasteiger charge is -2.72. The molecule has 0 saturated heterocycles. The summed E-state index contributed by atoms with van der Waals surface area (Å²) < 4.78 is 8.60. The average Bonchev–Trinajstić information content (AvgIpc) is 3.70. The maximum absolute atomic E-state index is 14.6. The zero-order chi connectivity index (χ0) is 44.9. The van der Waals surface area contributed by atoms with Crippen LogP contribution in [-0.2, 0) is 16.1 Å². The molecule has 5 aliphatic carbocycles. The Kier molecular flexibility index (Phi) is 12.1. The van der Waals surface area contributed by atoms with Gasteiger partial charge in [0, 0.05) is 35.6 Å². The van der Waals surface area contributed by atoms with Crippen molar-refractivity contribution < 1.29 is 19.2 Å². The number of benzene rings is 3. The standard InChI is InChI=1S/C59H75N2O3/c1-42(2)48-28-35-59(37-36-57(6)49(53(48)59)26-27-51-56(5)33-30-52(62)55(3,4)50(56)29-34-58(51,57)7)54(63)64-41-15-14-38-60-39-31-44(32-40-60)21-20-43-22-24-47(25-23-43)61(45-16-10-8-11-17-45)46-18-12-9-13-19-46/h8-13,16-25,31-32,39-40,48-53,62H,1,14-15,26-30,33-38,41H2,2-7H3/q+1/t48-,49+,50-,51+,52-,53+,56-,57+,58+,59-/m0/s1. The summed E-state index contributed by atoms with van der Waals surface area (Å²) in [5.41, 5.74) is 7.19. The summed E-state index contributed by atoms with van der Waals surface area (Å²) in [5, 5.41) is 11.2. The van der Waals surface area contributed by atoms with E-state index in [1.807, 2.05) is 0 Å². The Morgan fingerprint density at radius 3 is 1.97 bits per heavy atom. The Balaban J connectivity index is 0.797. The summed E-state index contributed by atoms with van der Waals surface area (Å²) >= 11 is 0. The Bertz CT molecular complexity index is 2260. The summed E-state index contributed by atoms with van der Waals surface area (Å²) in [6.07, 6.45) is 21.3. The first-order valence-corrected chi connectivity index (χ1v) is 24.9. The van der Waals surface area contributed by atoms with Gasteiger partial charge in [-0.25, -0.2) is 4.57 Å². The van der Waals surface area contributed by atoms with Gasteiger partial charge >= 0.3 is 5.97 Å². The molecule has 64 heavy (non-hydrogen) atoms. The van der Waals surface area contributed by atoms with Crippen LogP contribution in [-0.4, -0.2) is 23.8 Å². The van der Waals surface area contributed by atoms with E-state index in [1.165, 1.54) is 31.3 Å². The number of hydrogen-bond donors (Lipinski definition) is 1. The number of allylic oxidation sites excluding steroid dienone is 1. The molecule has 0 spiro atoms. The van der Waals surface area contributed by atoms with E-state index in [0.29, 0.717) is 36.2 Å². The van der Waals surface area contributed by atoms with Crippen LogP contribution in [0.15, 0.2) is 122 Å². The molecule has 5 fully saturated rings. The maximum atomic E-state index is 14.6. The first-order valence-electron chi connectivity index (χ1n) is 24.9. The number of carbonyl (C=O) groups excluding carboxylic acids is 1. The monoisotopic (exact) mass is 860 g/mol. The van der Waals surface area contributed by atoms with E-state index in [-0.39, 0.29) is 39.1 Å². The van der Waals surface area contributed by atoms with E-state index < -0.39 is 0 Å². The predicted molar refractivity (Wildman–Crippen MR) is 262 cm³/mol. The third-order valence-corrected chi connectivity index (χ3v) is 19.1. The first-order chi connectivity index (χ1) is 30.7. The number of aliphatic hydroxyl groups is 1. The Hall–Kier alpha value is -4.48. The fourth-order valence-electron chi connectivity index (χ4n) is 15.4. The quantitative estimate of drug-likeness (QED) is 0.0667. The molecular formula is C59H75N2O3+. The summed E-state index contributed by atoms with van der Waals surface area (Å²) in [7, 11) is 0. The van der Waals surface area contributed by atoms with Crippen molar-refractivity contribution in [2.75, 3.05) is 11.5 Å². The summed E-state index contributed by atoms with van der Waals surface area (Å²) in [5.74, 6) is 2.51. The van der Waals surface area contributed by atoms with Gasteiger partial charge in [0.05, 0.1) is 18.1 Å². The number of unbranched alkanes of at least 4 members (excludes halogenated alkanes) is 1. The van der Waals surface area contributed by atoms with Crippen molar-refractivity contribution in [2.45, 2.75) is 131 Å². The van der Waals surface area contributed by atoms with Crippen molar-refractivity contribution in [3.05, 3.63) is 133 Å². The molecule has 10 atom stereocenters. The molecular weight excluding hydrogens is 785 g/mol. The number of nitrogens with zero attached hydrogens (tertiary/aromatic N) is 2. The highest BCUT2D eigenvalue weighted by atomic mass is 16.5. The molecule has 0 aliphatic heterocycles. The SMILES string of the molecule is C=C(C)[C@@H]1CC[C@]2(C(=O)OCCCC[n+]3ccc(/C=C/c4ccc(N(c5ccccc5)c5ccccc5)cc4)cc3)CC[C@]3(C)[C@H](CC[C@@H]4[C@@]5(C)CC[C@H](O)C(C)(C)[C@@H]5CC[C@]43C)[C@@H]12. The fourth-order valence-corrected chi connectivity index (χ4v) is 15.4. The summed E-state index contributed by atoms with van der Waals surface area (Å²) in [4.78, 5) is 16.8. The molecule has 5 heteroatoms. The van der Waals surface area contributed by atoms with Crippen LogP contribution < -0.4 is 9.47 Å². The van der Waals surface area contributed by atoms with Crippen LogP contribution in [0.3, 0.4) is 0 Å². The lowest BCUT2D eigenvalue weighted by atomic mass is 9.32. The minimum Gasteiger partial charge on any atom is -0.465 e. The molecule has 0 radical (unpaired) electrons. The van der Waals surface area contributed by atoms with Gasteiger partial charge in [0.2, 0.25) is 0 Å². The molecule has 338 valence electrons. The molecule has 9 rings (SSSR count). The first kappa shape index (κ1) is 44.7. The second-order valence-electron chi connectivity index (χ2n) is 22.4. The van der Waals surface area contributed by atoms with Crippen molar-refractivity contribution in [1.82, 2.24) is 0 Å². The van der Waals surface area contributed by atoms with Crippen LogP contribution in [0.25, 0.3) is 12.2 Å². The molecule has 0 bridgehead atoms. The van der Waals surface area contributed by atoms with Gasteiger partial charge in [-0.1, -0.05) is 107 Å². The highest BCUT2D eigenvalue weighted by Crippen LogP contribution is 2.77. The Morgan fingerprint density at radius 2 is 1.33 bits per heavy atom. The summed E-state index contributed by atoms with van der Waals surface area (Å²) in [6.45, 7) is 20.8. The van der Waals surface area contributed by atoms with Crippen molar-refractivity contribution >= 4 is 35.2 Å². The highest BCUT2D eigenvalue weighted by molar-refractivity contribution is 5.79. The maximum Gasteiger partial charge on any atom is 0.312 e. The molecule has 5 nitrogen and oxygen atoms in total. The number of ether oxygens (including phenoxy) is 1. The molecule has 1 N–H and O–H groups in total. The van der Waals surface area contributed by atoms with Crippen LogP contribution in [0.1, 0.15) is 130 Å². The smallest absolute Gasteiger partial charge is 0.312 e. The van der Waals surface area contributed by atoms with E-state index in [4.69, 9.17) is 4.74 Å². The van der Waals surface area contributed by atoms with Gasteiger partial charge in [0.25, 0.3) is 0 Å². The minimum absolute atomic E-state index is 0.0409. The molecule has 4 aromatic rings. The Morgan fingerprint density at radius 1 is 0.703 bits per heavy atom. The summed E-state index contributed by atoms with van der Waals surface area (Å²) in [6, 6.07) is 34.1. The van der Waals surface area contributed by atoms with Crippen LogP contribution in [0.2, 0.25) is 0 Å². The van der Waals surface area contributed by atoms with E-state index in [0.717, 1.165) is 86.1 Å². The Labute approximate surface area is 385 Å². The van der Waals surface area contributed by atoms with Gasteiger partial charge in [-0.3, -0.25) is 4.79 Å². The minimum atomic E-state index is -0.389. The number of aryl methyl sites for hydroxylation is 1. The van der Waals surface area contributed by atoms with Crippen molar-refractivity contribution in [2.24, 2.45) is 56.7 Å². The number of esters is 1. The molecule has 5 aliphatic rings. The molecule has 5 saturated carbocycles. The van der Waals surface area contributed by atoms with Crippen LogP contribution in [0.4, 0.5) is 17.1 Å². The largest absolute Gasteiger partial charge is 0.465 e. The number of carbonyl (C=O) groups is 1. The second-order valence-corrected chi connectivity index (χ2v) is 22.4. The van der Waals surface area contributed by atoms with Crippen molar-refractivity contribution in [3.8, 4) is 0 Å². The molecule has 0 unspecified atom stereocenters. The molecule has 3 aromatic carbocycles. The number of para-hydroxylation sites is 2. The third kappa shape index (κ3) is 7.60. The van der Waals surface area contributed by atoms with E-state index in [9.17, 15) is 9.90 Å². The van der Waals surface area contributed by atoms with Gasteiger partial charge in [-0.15, -0.1) is 0 Å². The zero-order valence-electron chi connectivity index (χ0n) is 39.8. The van der Waals surface area contributed by atoms with Gasteiger partial charge in [0.1, 0.15) is 6.54 Å². The number of rotatable bonds is 12. The molecule has 0 amide bonds. The van der Waals surface area contributed by atoms with Gasteiger partial charge in [-0.2, -0.15) is 0 Å². The normalized spacial score (nSPS) is 33.9. The lowest BCUT2D eigenvalue weighted by Crippen LogP contribution is -2.67. The van der Waals surface area contributed by atoms with Gasteiger partial charge in [-0.05, 0) is 176 Å². The zero-order valence-corrected chi connectivity index (χ0v) is 39.8. The number of aliphatic hydroxyl groups excluding tert-OH is 1. The average molecular weight is 860 g/mol. The molecule has 1 heterocycles. The lowest BCUT2D eigenvalue weighted by molar-refractivity contribution is -0.697. The van der Waals surface area contributed by atoms with Crippen LogP contribution in [0.5, 0.6) is 0 Å². The number of aromatic nitrogens is 1. The van der Waals surface area contributed by atoms with Crippen molar-refractivity contribution in [3.63, 3.8) is 0 Å². The third-order valence-electron chi connectivity index (χ3n) is 19.1. The highest BCUT2D eigenvalue weighted by Gasteiger charge is 2.72. The van der Waals surface area contributed by atoms with Gasteiger partial charge in [0.15, 0.2) is 12.4 Å². The van der Waals surface area contributed by atoms with Gasteiger partial charge < -0.3 is 14.7 Å².